The smallest absolute Gasteiger partial charge is 0.0780 e. The van der Waals surface area contributed by atoms with E-state index in [-0.39, 0.29) is 0 Å². The van der Waals surface area contributed by atoms with Gasteiger partial charge in [0.15, 0.2) is 0 Å². The molecule has 0 amide bonds. The van der Waals surface area contributed by atoms with Gasteiger partial charge >= 0.3 is 0 Å². The third kappa shape index (κ3) is 2.21. The Kier molecular flexibility index (Phi) is 3.20. The lowest BCUT2D eigenvalue weighted by molar-refractivity contribution is 1.07. The topological polar surface area (TPSA) is 38.9 Å². The largest absolute Gasteiger partial charge is 0.326 e. The normalized spacial score (nSPS) is 10.8. The SMILES string of the molecule is NCc1ccc(-c2nccc3ccccc23)cc1Cl. The fourth-order valence-corrected chi connectivity index (χ4v) is 2.47. The zero-order chi connectivity index (χ0) is 13.2. The number of hydrogen-bond acceptors (Lipinski definition) is 2. The minimum absolute atomic E-state index is 0.447. The lowest BCUT2D eigenvalue weighted by Gasteiger charge is -2.08. The van der Waals surface area contributed by atoms with Crippen molar-refractivity contribution >= 4 is 22.4 Å². The minimum Gasteiger partial charge on any atom is -0.326 e. The minimum atomic E-state index is 0.447. The van der Waals surface area contributed by atoms with E-state index in [1.54, 1.807) is 0 Å². The van der Waals surface area contributed by atoms with Crippen molar-refractivity contribution in [1.82, 2.24) is 4.98 Å². The van der Waals surface area contributed by atoms with Crippen molar-refractivity contribution in [3.8, 4) is 11.3 Å². The lowest BCUT2D eigenvalue weighted by Crippen LogP contribution is -1.97. The highest BCUT2D eigenvalue weighted by Crippen LogP contribution is 2.29. The zero-order valence-corrected chi connectivity index (χ0v) is 11.1. The first-order valence-corrected chi connectivity index (χ1v) is 6.50. The van der Waals surface area contributed by atoms with Crippen molar-refractivity contribution in [2.45, 2.75) is 6.54 Å². The van der Waals surface area contributed by atoms with Crippen molar-refractivity contribution in [3.05, 3.63) is 65.3 Å². The Hall–Kier alpha value is -1.90. The van der Waals surface area contributed by atoms with Crippen LogP contribution in [-0.2, 0) is 6.54 Å². The number of benzene rings is 2. The Bertz CT molecular complexity index is 732. The molecular weight excluding hydrogens is 256 g/mol. The summed E-state index contributed by atoms with van der Waals surface area (Å²) in [5.41, 5.74) is 8.54. The van der Waals surface area contributed by atoms with E-state index in [0.717, 1.165) is 22.2 Å². The van der Waals surface area contributed by atoms with Crippen LogP contribution in [0.1, 0.15) is 5.56 Å². The van der Waals surface area contributed by atoms with E-state index in [1.807, 2.05) is 42.6 Å². The Morgan fingerprint density at radius 3 is 2.68 bits per heavy atom. The molecule has 0 fully saturated rings. The van der Waals surface area contributed by atoms with Crippen LogP contribution in [0.2, 0.25) is 5.02 Å². The predicted molar refractivity (Wildman–Crippen MR) is 80.1 cm³/mol. The quantitative estimate of drug-likeness (QED) is 0.763. The van der Waals surface area contributed by atoms with Crippen molar-refractivity contribution in [3.63, 3.8) is 0 Å². The number of nitrogens with two attached hydrogens (primary N) is 1. The van der Waals surface area contributed by atoms with Crippen LogP contribution in [0, 0.1) is 0 Å². The molecule has 1 heterocycles. The third-order valence-corrected chi connectivity index (χ3v) is 3.57. The molecule has 0 atom stereocenters. The molecular formula is C16H13ClN2. The maximum absolute atomic E-state index is 6.22. The molecule has 0 aliphatic heterocycles. The zero-order valence-electron chi connectivity index (χ0n) is 10.3. The van der Waals surface area contributed by atoms with Gasteiger partial charge in [-0.2, -0.15) is 0 Å². The number of rotatable bonds is 2. The van der Waals surface area contributed by atoms with Crippen molar-refractivity contribution < 1.29 is 0 Å². The Labute approximate surface area is 116 Å². The second-order valence-corrected chi connectivity index (χ2v) is 4.80. The summed E-state index contributed by atoms with van der Waals surface area (Å²) >= 11 is 6.22. The van der Waals surface area contributed by atoms with Crippen LogP contribution in [0.4, 0.5) is 0 Å². The Balaban J connectivity index is 2.22. The van der Waals surface area contributed by atoms with E-state index in [0.29, 0.717) is 11.6 Å². The summed E-state index contributed by atoms with van der Waals surface area (Å²) < 4.78 is 0. The van der Waals surface area contributed by atoms with Gasteiger partial charge in [-0.15, -0.1) is 0 Å². The molecule has 0 bridgehead atoms. The van der Waals surface area contributed by atoms with Gasteiger partial charge in [0.2, 0.25) is 0 Å². The van der Waals surface area contributed by atoms with Gasteiger partial charge in [0.05, 0.1) is 5.69 Å². The van der Waals surface area contributed by atoms with Crippen LogP contribution in [0.3, 0.4) is 0 Å². The molecule has 3 rings (SSSR count). The second kappa shape index (κ2) is 5.00. The molecule has 0 saturated carbocycles. The van der Waals surface area contributed by atoms with Crippen LogP contribution in [0.5, 0.6) is 0 Å². The molecule has 0 unspecified atom stereocenters. The van der Waals surface area contributed by atoms with Gasteiger partial charge in [0, 0.05) is 28.7 Å². The van der Waals surface area contributed by atoms with Crippen LogP contribution >= 0.6 is 11.6 Å². The predicted octanol–water partition coefficient (Wildman–Crippen LogP) is 4.01. The first kappa shape index (κ1) is 12.2. The average Bonchev–Trinajstić information content (AvgIpc) is 2.46. The van der Waals surface area contributed by atoms with Crippen LogP contribution in [0.15, 0.2) is 54.7 Å². The number of fused-ring (bicyclic) bond motifs is 1. The molecule has 2 N–H and O–H groups in total. The molecule has 19 heavy (non-hydrogen) atoms. The number of aromatic nitrogens is 1. The summed E-state index contributed by atoms with van der Waals surface area (Å²) in [6.45, 7) is 0.447. The average molecular weight is 269 g/mol. The van der Waals surface area contributed by atoms with Gasteiger partial charge in [0.25, 0.3) is 0 Å². The van der Waals surface area contributed by atoms with Crippen molar-refractivity contribution in [2.75, 3.05) is 0 Å². The highest BCUT2D eigenvalue weighted by molar-refractivity contribution is 6.31. The Morgan fingerprint density at radius 2 is 1.89 bits per heavy atom. The molecule has 2 nitrogen and oxygen atoms in total. The number of halogens is 1. The summed E-state index contributed by atoms with van der Waals surface area (Å²) in [5.74, 6) is 0. The summed E-state index contributed by atoms with van der Waals surface area (Å²) in [7, 11) is 0. The van der Waals surface area contributed by atoms with E-state index in [1.165, 1.54) is 5.39 Å². The van der Waals surface area contributed by atoms with E-state index >= 15 is 0 Å². The highest BCUT2D eigenvalue weighted by Gasteiger charge is 2.07. The van der Waals surface area contributed by atoms with E-state index in [2.05, 4.69) is 17.1 Å². The molecule has 3 heteroatoms. The molecule has 0 saturated heterocycles. The fourth-order valence-electron chi connectivity index (χ4n) is 2.21. The van der Waals surface area contributed by atoms with E-state index < -0.39 is 0 Å². The van der Waals surface area contributed by atoms with E-state index in [4.69, 9.17) is 17.3 Å². The van der Waals surface area contributed by atoms with Gasteiger partial charge in [-0.05, 0) is 23.1 Å². The number of nitrogens with zero attached hydrogens (tertiary/aromatic N) is 1. The molecule has 3 aromatic rings. The molecule has 1 aromatic heterocycles. The maximum atomic E-state index is 6.22. The first-order chi connectivity index (χ1) is 9.29. The van der Waals surface area contributed by atoms with Crippen LogP contribution in [-0.4, -0.2) is 4.98 Å². The van der Waals surface area contributed by atoms with Crippen molar-refractivity contribution in [1.29, 1.82) is 0 Å². The second-order valence-electron chi connectivity index (χ2n) is 4.39. The van der Waals surface area contributed by atoms with Gasteiger partial charge in [-0.25, -0.2) is 0 Å². The van der Waals surface area contributed by atoms with Gasteiger partial charge in [-0.3, -0.25) is 4.98 Å². The molecule has 2 aromatic carbocycles. The third-order valence-electron chi connectivity index (χ3n) is 3.22. The summed E-state index contributed by atoms with van der Waals surface area (Å²) in [6.07, 6.45) is 1.82. The van der Waals surface area contributed by atoms with Gasteiger partial charge < -0.3 is 5.73 Å². The van der Waals surface area contributed by atoms with Crippen LogP contribution < -0.4 is 5.73 Å². The standard InChI is InChI=1S/C16H13ClN2/c17-15-9-12(5-6-13(15)10-18)16-14-4-2-1-3-11(14)7-8-19-16/h1-9H,10,18H2. The summed E-state index contributed by atoms with van der Waals surface area (Å²) in [6, 6.07) is 16.1. The highest BCUT2D eigenvalue weighted by atomic mass is 35.5. The molecule has 0 aliphatic rings. The lowest BCUT2D eigenvalue weighted by atomic mass is 10.0. The summed E-state index contributed by atoms with van der Waals surface area (Å²) in [4.78, 5) is 4.48. The van der Waals surface area contributed by atoms with Gasteiger partial charge in [-0.1, -0.05) is 48.0 Å². The monoisotopic (exact) mass is 268 g/mol. The first-order valence-electron chi connectivity index (χ1n) is 6.12. The Morgan fingerprint density at radius 1 is 1.05 bits per heavy atom. The van der Waals surface area contributed by atoms with Gasteiger partial charge in [0.1, 0.15) is 0 Å². The fraction of sp³-hybridized carbons (Fsp3) is 0.0625. The van der Waals surface area contributed by atoms with Crippen LogP contribution in [0.25, 0.3) is 22.0 Å². The van der Waals surface area contributed by atoms with E-state index in [9.17, 15) is 0 Å². The van der Waals surface area contributed by atoms with Crippen molar-refractivity contribution in [2.24, 2.45) is 5.73 Å². The molecule has 0 radical (unpaired) electrons. The summed E-state index contributed by atoms with van der Waals surface area (Å²) in [5, 5.41) is 2.99. The maximum Gasteiger partial charge on any atom is 0.0780 e. The number of pyridine rings is 1. The number of hydrogen-bond donors (Lipinski definition) is 1. The molecule has 94 valence electrons. The molecule has 0 spiro atoms. The molecule has 0 aliphatic carbocycles.